The molecule has 132 valence electrons. The molecule has 3 nitrogen and oxygen atoms in total. The third kappa shape index (κ3) is 4.11. The van der Waals surface area contributed by atoms with Crippen molar-refractivity contribution in [3.05, 3.63) is 80.2 Å². The fourth-order valence-electron chi connectivity index (χ4n) is 2.70. The van der Waals surface area contributed by atoms with Crippen LogP contribution in [0.15, 0.2) is 58.2 Å². The van der Waals surface area contributed by atoms with Crippen molar-refractivity contribution >= 4 is 27.3 Å². The Bertz CT molecular complexity index is 805. The lowest BCUT2D eigenvalue weighted by Crippen LogP contribution is -2.44. The molecule has 2 atom stereocenters. The van der Waals surface area contributed by atoms with Gasteiger partial charge in [0.15, 0.2) is 11.6 Å². The summed E-state index contributed by atoms with van der Waals surface area (Å²) < 4.78 is 27.6. The quantitative estimate of drug-likeness (QED) is 0.735. The van der Waals surface area contributed by atoms with Crippen LogP contribution in [0.3, 0.4) is 0 Å². The van der Waals surface area contributed by atoms with E-state index in [1.54, 1.807) is 17.4 Å². The van der Waals surface area contributed by atoms with Crippen molar-refractivity contribution in [2.45, 2.75) is 25.7 Å². The van der Waals surface area contributed by atoms with Gasteiger partial charge in [-0.2, -0.15) is 0 Å². The van der Waals surface area contributed by atoms with Crippen LogP contribution in [0.4, 0.5) is 8.78 Å². The molecule has 0 amide bonds. The molecule has 0 saturated carbocycles. The van der Waals surface area contributed by atoms with Crippen LogP contribution in [0, 0.1) is 11.6 Å². The van der Waals surface area contributed by atoms with E-state index in [-0.39, 0.29) is 12.2 Å². The predicted molar refractivity (Wildman–Crippen MR) is 101 cm³/mol. The minimum absolute atomic E-state index is 0.161. The van der Waals surface area contributed by atoms with E-state index in [9.17, 15) is 8.78 Å². The molecule has 0 bridgehead atoms. The van der Waals surface area contributed by atoms with Crippen LogP contribution in [0.5, 0.6) is 0 Å². The van der Waals surface area contributed by atoms with Gasteiger partial charge in [0.1, 0.15) is 6.17 Å². The molecule has 0 saturated heterocycles. The number of nitrogens with zero attached hydrogens (tertiary/aromatic N) is 1. The summed E-state index contributed by atoms with van der Waals surface area (Å²) >= 11 is 5.12. The van der Waals surface area contributed by atoms with Crippen LogP contribution in [0.2, 0.25) is 0 Å². The second-order valence-corrected chi connectivity index (χ2v) is 7.69. The lowest BCUT2D eigenvalue weighted by molar-refractivity contribution is 0.213. The summed E-state index contributed by atoms with van der Waals surface area (Å²) in [6, 6.07) is 7.88. The van der Waals surface area contributed by atoms with Crippen molar-refractivity contribution in [3.8, 4) is 0 Å². The molecule has 0 radical (unpaired) electrons. The van der Waals surface area contributed by atoms with Crippen molar-refractivity contribution in [1.29, 1.82) is 0 Å². The smallest absolute Gasteiger partial charge is 0.159 e. The van der Waals surface area contributed by atoms with Gasteiger partial charge in [-0.25, -0.2) is 8.78 Å². The van der Waals surface area contributed by atoms with Crippen molar-refractivity contribution in [1.82, 2.24) is 10.2 Å². The molecular weight excluding hydrogens is 408 g/mol. The molecule has 1 aliphatic rings. The summed E-state index contributed by atoms with van der Waals surface area (Å²) in [5.41, 5.74) is 7.36. The largest absolute Gasteiger partial charge is 0.398 e. The van der Waals surface area contributed by atoms with E-state index in [1.165, 1.54) is 10.9 Å². The van der Waals surface area contributed by atoms with Crippen LogP contribution >= 0.6 is 27.3 Å². The van der Waals surface area contributed by atoms with Gasteiger partial charge in [0.05, 0.1) is 10.5 Å². The van der Waals surface area contributed by atoms with Gasteiger partial charge < -0.3 is 10.6 Å². The second-order valence-electron chi connectivity index (χ2n) is 5.80. The van der Waals surface area contributed by atoms with Crippen LogP contribution in [-0.4, -0.2) is 11.1 Å². The van der Waals surface area contributed by atoms with E-state index in [0.29, 0.717) is 17.8 Å². The van der Waals surface area contributed by atoms with Gasteiger partial charge in [0.2, 0.25) is 0 Å². The first-order valence-corrected chi connectivity index (χ1v) is 9.46. The van der Waals surface area contributed by atoms with Crippen molar-refractivity contribution in [2.75, 3.05) is 0 Å². The molecule has 3 N–H and O–H groups in total. The number of nitrogens with one attached hydrogen (secondary N) is 1. The number of halogens is 3. The molecule has 25 heavy (non-hydrogen) atoms. The van der Waals surface area contributed by atoms with Gasteiger partial charge >= 0.3 is 0 Å². The number of hydrogen-bond acceptors (Lipinski definition) is 4. The maximum atomic E-state index is 13.6. The molecule has 1 aromatic carbocycles. The molecule has 1 unspecified atom stereocenters. The van der Waals surface area contributed by atoms with Crippen molar-refractivity contribution in [2.24, 2.45) is 5.73 Å². The number of rotatable bonds is 5. The van der Waals surface area contributed by atoms with Crippen molar-refractivity contribution < 1.29 is 8.78 Å². The molecule has 1 aliphatic heterocycles. The Hall–Kier alpha value is -1.70. The second kappa shape index (κ2) is 7.68. The average Bonchev–Trinajstić information content (AvgIpc) is 3.11. The third-order valence-electron chi connectivity index (χ3n) is 4.14. The maximum absolute atomic E-state index is 13.6. The zero-order valence-electron chi connectivity index (χ0n) is 13.5. The van der Waals surface area contributed by atoms with E-state index >= 15 is 0 Å². The predicted octanol–water partition coefficient (Wildman–Crippen LogP) is 4.60. The van der Waals surface area contributed by atoms with E-state index < -0.39 is 11.6 Å². The number of thiophene rings is 1. The summed E-state index contributed by atoms with van der Waals surface area (Å²) in [6.07, 6.45) is 3.63. The summed E-state index contributed by atoms with van der Waals surface area (Å²) in [6.45, 7) is 2.64. The standard InChI is InChI=1S/C18H18BrF2N3S/c1-11(12-4-5-15(20)16(21)7-12)24-10-14(19)17(22)8-18(24)23-9-13-3-2-6-25-13/h2-8,10-11,18,23H,9,22H2,1H3/t11?,18-/m0/s1. The normalized spacial score (nSPS) is 18.7. The number of hydrogen-bond donors (Lipinski definition) is 2. The first kappa shape index (κ1) is 18.1. The van der Waals surface area contributed by atoms with Crippen LogP contribution < -0.4 is 11.1 Å². The zero-order chi connectivity index (χ0) is 18.0. The van der Waals surface area contributed by atoms with Gasteiger partial charge in [0, 0.05) is 23.3 Å². The highest BCUT2D eigenvalue weighted by Gasteiger charge is 2.25. The third-order valence-corrected chi connectivity index (χ3v) is 5.67. The Labute approximate surface area is 158 Å². The summed E-state index contributed by atoms with van der Waals surface area (Å²) in [4.78, 5) is 3.24. The SMILES string of the molecule is CC(c1ccc(F)c(F)c1)N1C=C(Br)C(N)=C[C@H]1NCc1cccs1. The van der Waals surface area contributed by atoms with Gasteiger partial charge in [-0.05, 0) is 58.1 Å². The Morgan fingerprint density at radius 3 is 2.80 bits per heavy atom. The first-order chi connectivity index (χ1) is 12.0. The maximum Gasteiger partial charge on any atom is 0.159 e. The summed E-state index contributed by atoms with van der Waals surface area (Å²) in [5, 5.41) is 5.48. The molecule has 2 heterocycles. The van der Waals surface area contributed by atoms with Crippen molar-refractivity contribution in [3.63, 3.8) is 0 Å². The van der Waals surface area contributed by atoms with E-state index in [0.717, 1.165) is 10.5 Å². The summed E-state index contributed by atoms with van der Waals surface area (Å²) in [5.74, 6) is -1.69. The van der Waals surface area contributed by atoms with Gasteiger partial charge in [0.25, 0.3) is 0 Å². The lowest BCUT2D eigenvalue weighted by atomic mass is 10.0. The highest BCUT2D eigenvalue weighted by Crippen LogP contribution is 2.30. The minimum Gasteiger partial charge on any atom is -0.398 e. The molecule has 2 aromatic rings. The molecule has 0 aliphatic carbocycles. The fourth-order valence-corrected chi connectivity index (χ4v) is 3.73. The Balaban J connectivity index is 1.83. The fraction of sp³-hybridized carbons (Fsp3) is 0.222. The monoisotopic (exact) mass is 425 g/mol. The number of allylic oxidation sites excluding steroid dienone is 1. The topological polar surface area (TPSA) is 41.3 Å². The van der Waals surface area contributed by atoms with Gasteiger partial charge in [-0.3, -0.25) is 5.32 Å². The minimum atomic E-state index is -0.845. The summed E-state index contributed by atoms with van der Waals surface area (Å²) in [7, 11) is 0. The molecule has 1 aromatic heterocycles. The lowest BCUT2D eigenvalue weighted by Gasteiger charge is -2.38. The molecular formula is C18H18BrF2N3S. The van der Waals surface area contributed by atoms with E-state index in [4.69, 9.17) is 5.73 Å². The molecule has 7 heteroatoms. The molecule has 0 fully saturated rings. The van der Waals surface area contributed by atoms with E-state index in [2.05, 4.69) is 27.3 Å². The van der Waals surface area contributed by atoms with Gasteiger partial charge in [-0.1, -0.05) is 12.1 Å². The number of nitrogens with two attached hydrogens (primary N) is 1. The Morgan fingerprint density at radius 1 is 1.32 bits per heavy atom. The first-order valence-electron chi connectivity index (χ1n) is 7.79. The Kier molecular flexibility index (Phi) is 5.56. The van der Waals surface area contributed by atoms with Crippen LogP contribution in [0.25, 0.3) is 0 Å². The highest BCUT2D eigenvalue weighted by atomic mass is 79.9. The van der Waals surface area contributed by atoms with E-state index in [1.807, 2.05) is 35.5 Å². The van der Waals surface area contributed by atoms with Crippen LogP contribution in [0.1, 0.15) is 23.4 Å². The zero-order valence-corrected chi connectivity index (χ0v) is 15.9. The Morgan fingerprint density at radius 2 is 2.12 bits per heavy atom. The van der Waals surface area contributed by atoms with Gasteiger partial charge in [-0.15, -0.1) is 11.3 Å². The highest BCUT2D eigenvalue weighted by molar-refractivity contribution is 9.12. The van der Waals surface area contributed by atoms with Crippen LogP contribution in [-0.2, 0) is 6.54 Å². The molecule has 0 spiro atoms. The average molecular weight is 426 g/mol. The molecule has 3 rings (SSSR count). The number of benzene rings is 1.